The number of unbranched alkanes of at least 4 members (excludes halogenated alkanes) is 1. The molecule has 0 saturated heterocycles. The van der Waals surface area contributed by atoms with E-state index < -0.39 is 17.8 Å². The van der Waals surface area contributed by atoms with Crippen LogP contribution in [0.25, 0.3) is 0 Å². The Bertz CT molecular complexity index is 508. The second-order valence-corrected chi connectivity index (χ2v) is 4.49. The molecule has 1 aromatic carbocycles. The minimum atomic E-state index is -1.20. The highest BCUT2D eigenvalue weighted by Gasteiger charge is 2.16. The molecule has 0 fully saturated rings. The zero-order valence-electron chi connectivity index (χ0n) is 11.8. The molecule has 0 spiro atoms. The summed E-state index contributed by atoms with van der Waals surface area (Å²) in [5.74, 6) is -1.92. The molecule has 2 amide bonds. The molecule has 0 heterocycles. The predicted molar refractivity (Wildman–Crippen MR) is 75.9 cm³/mol. The first kappa shape index (κ1) is 16.9. The van der Waals surface area contributed by atoms with Crippen LogP contribution in [0.3, 0.4) is 0 Å². The smallest absolute Gasteiger partial charge is 0.335 e. The van der Waals surface area contributed by atoms with Gasteiger partial charge in [0.2, 0.25) is 0 Å². The molecule has 0 aliphatic carbocycles. The Morgan fingerprint density at radius 3 is 2.62 bits per heavy atom. The summed E-state index contributed by atoms with van der Waals surface area (Å²) >= 11 is 0. The van der Waals surface area contributed by atoms with Gasteiger partial charge in [0.15, 0.2) is 0 Å². The summed E-state index contributed by atoms with van der Waals surface area (Å²) < 4.78 is 13.6. The van der Waals surface area contributed by atoms with Crippen LogP contribution in [0.5, 0.6) is 0 Å². The van der Waals surface area contributed by atoms with Gasteiger partial charge in [-0.05, 0) is 24.6 Å². The van der Waals surface area contributed by atoms with Crippen LogP contribution in [-0.2, 0) is 0 Å². The number of carbonyl (C=O) groups is 2. The average molecular weight is 298 g/mol. The van der Waals surface area contributed by atoms with Gasteiger partial charge >= 0.3 is 12.0 Å². The normalized spacial score (nSPS) is 10.2. The molecular formula is C14H19FN2O4. The van der Waals surface area contributed by atoms with E-state index >= 15 is 0 Å². The number of amides is 2. The average Bonchev–Trinajstić information content (AvgIpc) is 2.45. The fraction of sp³-hybridized carbons (Fsp3) is 0.429. The Morgan fingerprint density at radius 2 is 2.05 bits per heavy atom. The molecule has 0 atom stereocenters. The van der Waals surface area contributed by atoms with Crippen LogP contribution in [0, 0.1) is 5.82 Å². The number of hydrogen-bond donors (Lipinski definition) is 3. The van der Waals surface area contributed by atoms with E-state index in [4.69, 9.17) is 10.2 Å². The molecule has 1 rings (SSSR count). The lowest BCUT2D eigenvalue weighted by atomic mass is 10.2. The number of aliphatic hydroxyl groups is 1. The van der Waals surface area contributed by atoms with E-state index in [0.717, 1.165) is 31.0 Å². The molecule has 21 heavy (non-hydrogen) atoms. The Morgan fingerprint density at radius 1 is 1.33 bits per heavy atom. The number of halogens is 1. The fourth-order valence-corrected chi connectivity index (χ4v) is 1.73. The number of rotatable bonds is 7. The molecule has 0 saturated carbocycles. The molecule has 3 N–H and O–H groups in total. The third-order valence-corrected chi connectivity index (χ3v) is 2.89. The van der Waals surface area contributed by atoms with Crippen LogP contribution in [0.1, 0.15) is 30.1 Å². The molecule has 0 aliphatic rings. The summed E-state index contributed by atoms with van der Waals surface area (Å²) in [6, 6.07) is 2.60. The number of benzene rings is 1. The summed E-state index contributed by atoms with van der Waals surface area (Å²) in [7, 11) is 0. The number of carboxylic acid groups (broad SMARTS) is 1. The standard InChI is InChI=1S/C14H19FN2O4/c1-2-3-6-17(7-8-18)14(21)16-12-9-10(13(19)20)4-5-11(12)15/h4-5,9,18H,2-3,6-8H2,1H3,(H,16,21)(H,19,20). The maximum Gasteiger partial charge on any atom is 0.335 e. The lowest BCUT2D eigenvalue weighted by Gasteiger charge is -2.22. The first-order valence-corrected chi connectivity index (χ1v) is 6.69. The van der Waals surface area contributed by atoms with E-state index in [0.29, 0.717) is 6.54 Å². The van der Waals surface area contributed by atoms with Crippen LogP contribution in [0.2, 0.25) is 0 Å². The summed E-state index contributed by atoms with van der Waals surface area (Å²) in [6.07, 6.45) is 1.63. The van der Waals surface area contributed by atoms with Crippen molar-refractivity contribution in [3.63, 3.8) is 0 Å². The summed E-state index contributed by atoms with van der Waals surface area (Å²) in [5.41, 5.74) is -0.312. The van der Waals surface area contributed by atoms with Gasteiger partial charge in [-0.1, -0.05) is 13.3 Å². The van der Waals surface area contributed by atoms with Crippen molar-refractivity contribution in [2.45, 2.75) is 19.8 Å². The number of carboxylic acids is 1. The Balaban J connectivity index is 2.84. The van der Waals surface area contributed by atoms with Crippen molar-refractivity contribution in [1.29, 1.82) is 0 Å². The van der Waals surface area contributed by atoms with Crippen LogP contribution in [0.15, 0.2) is 18.2 Å². The number of urea groups is 1. The van der Waals surface area contributed by atoms with Crippen LogP contribution in [-0.4, -0.2) is 46.8 Å². The maximum atomic E-state index is 13.6. The molecule has 0 unspecified atom stereocenters. The maximum absolute atomic E-state index is 13.6. The van der Waals surface area contributed by atoms with Crippen LogP contribution in [0.4, 0.5) is 14.9 Å². The van der Waals surface area contributed by atoms with E-state index in [1.54, 1.807) is 0 Å². The van der Waals surface area contributed by atoms with Crippen LogP contribution < -0.4 is 5.32 Å². The molecule has 0 radical (unpaired) electrons. The number of hydrogen-bond acceptors (Lipinski definition) is 3. The highest BCUT2D eigenvalue weighted by atomic mass is 19.1. The van der Waals surface area contributed by atoms with Gasteiger partial charge in [-0.3, -0.25) is 0 Å². The van der Waals surface area contributed by atoms with E-state index in [-0.39, 0.29) is 24.4 Å². The van der Waals surface area contributed by atoms with Gasteiger partial charge in [-0.2, -0.15) is 0 Å². The van der Waals surface area contributed by atoms with Crippen molar-refractivity contribution in [3.8, 4) is 0 Å². The van der Waals surface area contributed by atoms with Gasteiger partial charge in [-0.15, -0.1) is 0 Å². The highest BCUT2D eigenvalue weighted by Crippen LogP contribution is 2.17. The van der Waals surface area contributed by atoms with Gasteiger partial charge in [0.25, 0.3) is 0 Å². The van der Waals surface area contributed by atoms with Gasteiger partial charge in [0, 0.05) is 13.1 Å². The van der Waals surface area contributed by atoms with Crippen molar-refractivity contribution >= 4 is 17.7 Å². The Labute approximate surface area is 122 Å². The topological polar surface area (TPSA) is 89.9 Å². The number of anilines is 1. The van der Waals surface area contributed by atoms with E-state index in [1.165, 1.54) is 4.90 Å². The number of aromatic carboxylic acids is 1. The lowest BCUT2D eigenvalue weighted by Crippen LogP contribution is -2.38. The van der Waals surface area contributed by atoms with Gasteiger partial charge in [0.05, 0.1) is 17.9 Å². The van der Waals surface area contributed by atoms with Crippen molar-refractivity contribution in [2.75, 3.05) is 25.0 Å². The van der Waals surface area contributed by atoms with Crippen molar-refractivity contribution in [1.82, 2.24) is 4.90 Å². The quantitative estimate of drug-likeness (QED) is 0.719. The van der Waals surface area contributed by atoms with E-state index in [9.17, 15) is 14.0 Å². The Kier molecular flexibility index (Phi) is 6.61. The molecular weight excluding hydrogens is 279 g/mol. The second kappa shape index (κ2) is 8.21. The Hall–Kier alpha value is -2.15. The number of nitrogens with zero attached hydrogens (tertiary/aromatic N) is 1. The lowest BCUT2D eigenvalue weighted by molar-refractivity contribution is 0.0697. The van der Waals surface area contributed by atoms with Crippen molar-refractivity contribution in [2.24, 2.45) is 0 Å². The molecule has 0 bridgehead atoms. The number of nitrogens with one attached hydrogen (secondary N) is 1. The molecule has 116 valence electrons. The summed E-state index contributed by atoms with van der Waals surface area (Å²) in [6.45, 7) is 2.33. The SMILES string of the molecule is CCCCN(CCO)C(=O)Nc1cc(C(=O)O)ccc1F. The van der Waals surface area contributed by atoms with E-state index in [2.05, 4.69) is 5.32 Å². The zero-order valence-corrected chi connectivity index (χ0v) is 11.8. The largest absolute Gasteiger partial charge is 0.478 e. The first-order valence-electron chi connectivity index (χ1n) is 6.69. The fourth-order valence-electron chi connectivity index (χ4n) is 1.73. The highest BCUT2D eigenvalue weighted by molar-refractivity contribution is 5.93. The second-order valence-electron chi connectivity index (χ2n) is 4.49. The molecule has 1 aromatic rings. The minimum absolute atomic E-state index is 0.117. The molecule has 7 heteroatoms. The number of carbonyl (C=O) groups excluding carboxylic acids is 1. The minimum Gasteiger partial charge on any atom is -0.478 e. The monoisotopic (exact) mass is 298 g/mol. The first-order chi connectivity index (χ1) is 9.99. The molecule has 0 aromatic heterocycles. The molecule has 0 aliphatic heterocycles. The predicted octanol–water partition coefficient (Wildman–Crippen LogP) is 2.15. The third-order valence-electron chi connectivity index (χ3n) is 2.89. The molecule has 6 nitrogen and oxygen atoms in total. The van der Waals surface area contributed by atoms with Gasteiger partial charge < -0.3 is 20.4 Å². The summed E-state index contributed by atoms with van der Waals surface area (Å²) in [5, 5.41) is 20.2. The third kappa shape index (κ3) is 5.03. The number of aliphatic hydroxyl groups excluding tert-OH is 1. The summed E-state index contributed by atoms with van der Waals surface area (Å²) in [4.78, 5) is 24.2. The van der Waals surface area contributed by atoms with Gasteiger partial charge in [0.1, 0.15) is 5.82 Å². The zero-order chi connectivity index (χ0) is 15.8. The van der Waals surface area contributed by atoms with Crippen molar-refractivity contribution in [3.05, 3.63) is 29.6 Å². The van der Waals surface area contributed by atoms with E-state index in [1.807, 2.05) is 6.92 Å². The van der Waals surface area contributed by atoms with Crippen molar-refractivity contribution < 1.29 is 24.2 Å². The van der Waals surface area contributed by atoms with Crippen LogP contribution >= 0.6 is 0 Å². The van der Waals surface area contributed by atoms with Gasteiger partial charge in [-0.25, -0.2) is 14.0 Å².